The number of hydrogen-bond donors (Lipinski definition) is 1. The van der Waals surface area contributed by atoms with E-state index in [1.165, 1.54) is 0 Å². The van der Waals surface area contributed by atoms with Crippen LogP contribution in [0, 0.1) is 13.8 Å². The summed E-state index contributed by atoms with van der Waals surface area (Å²) in [4.78, 5) is 1.94. The molecular formula is C19H26N6O. The van der Waals surface area contributed by atoms with E-state index >= 15 is 0 Å². The number of ether oxygens (including phenoxy) is 1. The number of anilines is 1. The van der Waals surface area contributed by atoms with Crippen molar-refractivity contribution in [1.29, 1.82) is 0 Å². The molecule has 3 aromatic rings. The number of fused-ring (bicyclic) bond motifs is 1. The van der Waals surface area contributed by atoms with Crippen LogP contribution in [0.15, 0.2) is 24.3 Å². The van der Waals surface area contributed by atoms with E-state index in [0.717, 1.165) is 52.5 Å². The van der Waals surface area contributed by atoms with E-state index in [1.807, 2.05) is 61.9 Å². The summed E-state index contributed by atoms with van der Waals surface area (Å²) in [5.74, 6) is 1.59. The van der Waals surface area contributed by atoms with Crippen molar-refractivity contribution in [2.24, 2.45) is 0 Å². The summed E-state index contributed by atoms with van der Waals surface area (Å²) in [6.07, 6.45) is 0.947. The van der Waals surface area contributed by atoms with Crippen LogP contribution in [-0.2, 0) is 0 Å². The molecule has 0 radical (unpaired) electrons. The monoisotopic (exact) mass is 354 g/mol. The molecule has 7 nitrogen and oxygen atoms in total. The van der Waals surface area contributed by atoms with E-state index in [1.54, 1.807) is 0 Å². The van der Waals surface area contributed by atoms with Crippen molar-refractivity contribution in [1.82, 2.24) is 25.3 Å². The van der Waals surface area contributed by atoms with Gasteiger partial charge in [-0.1, -0.05) is 12.1 Å². The Morgan fingerprint density at radius 1 is 1.15 bits per heavy atom. The van der Waals surface area contributed by atoms with Crippen LogP contribution < -0.4 is 15.0 Å². The number of aryl methyl sites for hydroxylation is 2. The maximum absolute atomic E-state index is 6.01. The Hall–Kier alpha value is -2.67. The van der Waals surface area contributed by atoms with Gasteiger partial charge in [-0.05, 0) is 46.0 Å². The lowest BCUT2D eigenvalue weighted by Gasteiger charge is -2.12. The normalized spacial score (nSPS) is 11.1. The maximum Gasteiger partial charge on any atom is 0.179 e. The largest absolute Gasteiger partial charge is 0.491 e. The third kappa shape index (κ3) is 3.35. The van der Waals surface area contributed by atoms with Crippen LogP contribution in [0.5, 0.6) is 5.75 Å². The Morgan fingerprint density at radius 3 is 2.65 bits per heavy atom. The predicted octanol–water partition coefficient (Wildman–Crippen LogP) is 2.49. The zero-order valence-corrected chi connectivity index (χ0v) is 16.1. The highest BCUT2D eigenvalue weighted by Gasteiger charge is 2.19. The highest BCUT2D eigenvalue weighted by atomic mass is 16.5. The van der Waals surface area contributed by atoms with Crippen LogP contribution in [0.4, 0.5) is 5.82 Å². The number of para-hydroxylation sites is 2. The number of nitrogens with one attached hydrogen (secondary N) is 1. The van der Waals surface area contributed by atoms with Crippen molar-refractivity contribution in [3.8, 4) is 11.4 Å². The van der Waals surface area contributed by atoms with E-state index in [9.17, 15) is 0 Å². The van der Waals surface area contributed by atoms with E-state index in [-0.39, 0.29) is 0 Å². The average Bonchev–Trinajstić information content (AvgIpc) is 2.97. The van der Waals surface area contributed by atoms with Crippen LogP contribution in [0.2, 0.25) is 0 Å². The summed E-state index contributed by atoms with van der Waals surface area (Å²) in [6.45, 7) is 5.60. The second-order valence-electron chi connectivity index (χ2n) is 6.50. The molecule has 3 rings (SSSR count). The number of benzene rings is 1. The first-order valence-electron chi connectivity index (χ1n) is 8.81. The van der Waals surface area contributed by atoms with Crippen LogP contribution in [0.25, 0.3) is 16.6 Å². The molecule has 2 aromatic heterocycles. The number of rotatable bonds is 7. The molecule has 138 valence electrons. The molecule has 26 heavy (non-hydrogen) atoms. The van der Waals surface area contributed by atoms with Gasteiger partial charge in [0.15, 0.2) is 5.82 Å². The van der Waals surface area contributed by atoms with Gasteiger partial charge in [0.05, 0.1) is 23.4 Å². The number of aromatic nitrogens is 4. The van der Waals surface area contributed by atoms with Crippen LogP contribution >= 0.6 is 0 Å². The predicted molar refractivity (Wildman–Crippen MR) is 104 cm³/mol. The standard InChI is InChI=1S/C19H26N6O/c1-13-17-14(2)25(23-18(17)19(22-21-13)24(4)5)15-9-6-7-10-16(15)26-12-8-11-20-3/h6-7,9-10,20H,8,11-12H2,1-5H3. The Morgan fingerprint density at radius 2 is 1.92 bits per heavy atom. The fourth-order valence-electron chi connectivity index (χ4n) is 3.03. The molecule has 0 aliphatic heterocycles. The first-order valence-corrected chi connectivity index (χ1v) is 8.81. The Balaban J connectivity index is 2.08. The molecule has 0 saturated carbocycles. The topological polar surface area (TPSA) is 68.1 Å². The van der Waals surface area contributed by atoms with Gasteiger partial charge in [0, 0.05) is 14.1 Å². The summed E-state index contributed by atoms with van der Waals surface area (Å²) >= 11 is 0. The van der Waals surface area contributed by atoms with E-state index in [2.05, 4.69) is 22.4 Å². The minimum atomic E-state index is 0.656. The van der Waals surface area contributed by atoms with Gasteiger partial charge in [0.1, 0.15) is 17.0 Å². The van der Waals surface area contributed by atoms with Gasteiger partial charge < -0.3 is 15.0 Å². The van der Waals surface area contributed by atoms with Crippen molar-refractivity contribution in [2.45, 2.75) is 20.3 Å². The summed E-state index contributed by atoms with van der Waals surface area (Å²) in [5, 5.41) is 17.6. The molecule has 0 atom stereocenters. The summed E-state index contributed by atoms with van der Waals surface area (Å²) < 4.78 is 7.94. The molecule has 0 aliphatic rings. The van der Waals surface area contributed by atoms with Gasteiger partial charge in [-0.15, -0.1) is 5.10 Å². The highest BCUT2D eigenvalue weighted by molar-refractivity contribution is 5.92. The molecule has 0 aliphatic carbocycles. The molecule has 0 unspecified atom stereocenters. The number of nitrogens with zero attached hydrogens (tertiary/aromatic N) is 5. The van der Waals surface area contributed by atoms with Crippen molar-refractivity contribution >= 4 is 16.7 Å². The molecule has 2 heterocycles. The Kier molecular flexibility index (Phi) is 5.37. The fraction of sp³-hybridized carbons (Fsp3) is 0.421. The smallest absolute Gasteiger partial charge is 0.179 e. The van der Waals surface area contributed by atoms with Gasteiger partial charge in [-0.25, -0.2) is 4.68 Å². The van der Waals surface area contributed by atoms with E-state index in [0.29, 0.717) is 6.61 Å². The van der Waals surface area contributed by atoms with Crippen LogP contribution in [0.1, 0.15) is 17.8 Å². The zero-order chi connectivity index (χ0) is 18.7. The summed E-state index contributed by atoms with van der Waals surface area (Å²) in [7, 11) is 5.84. The minimum absolute atomic E-state index is 0.656. The average molecular weight is 354 g/mol. The summed E-state index contributed by atoms with van der Waals surface area (Å²) in [5.41, 5.74) is 3.68. The molecule has 0 amide bonds. The summed E-state index contributed by atoms with van der Waals surface area (Å²) in [6, 6.07) is 7.99. The SMILES string of the molecule is CNCCCOc1ccccc1-n1nc2c(N(C)C)nnc(C)c2c1C. The third-order valence-corrected chi connectivity index (χ3v) is 4.33. The molecule has 0 fully saturated rings. The first kappa shape index (κ1) is 18.1. The van der Waals surface area contributed by atoms with Crippen molar-refractivity contribution in [3.63, 3.8) is 0 Å². The second-order valence-corrected chi connectivity index (χ2v) is 6.50. The quantitative estimate of drug-likeness (QED) is 0.658. The lowest BCUT2D eigenvalue weighted by atomic mass is 10.2. The fourth-order valence-corrected chi connectivity index (χ4v) is 3.03. The molecule has 0 saturated heterocycles. The van der Waals surface area contributed by atoms with Crippen molar-refractivity contribution < 1.29 is 4.74 Å². The lowest BCUT2D eigenvalue weighted by molar-refractivity contribution is 0.308. The molecule has 0 bridgehead atoms. The number of hydrogen-bond acceptors (Lipinski definition) is 6. The highest BCUT2D eigenvalue weighted by Crippen LogP contribution is 2.31. The Labute approximate surface area is 154 Å². The van der Waals surface area contributed by atoms with Gasteiger partial charge in [-0.2, -0.15) is 10.2 Å². The molecule has 0 spiro atoms. The zero-order valence-electron chi connectivity index (χ0n) is 16.1. The van der Waals surface area contributed by atoms with E-state index in [4.69, 9.17) is 9.84 Å². The Bertz CT molecular complexity index is 902. The third-order valence-electron chi connectivity index (χ3n) is 4.33. The van der Waals surface area contributed by atoms with Gasteiger partial charge in [0.25, 0.3) is 0 Å². The minimum Gasteiger partial charge on any atom is -0.491 e. The van der Waals surface area contributed by atoms with Gasteiger partial charge in [-0.3, -0.25) is 0 Å². The van der Waals surface area contributed by atoms with Crippen molar-refractivity contribution in [3.05, 3.63) is 35.7 Å². The van der Waals surface area contributed by atoms with E-state index < -0.39 is 0 Å². The molecule has 1 aromatic carbocycles. The van der Waals surface area contributed by atoms with Crippen LogP contribution in [-0.4, -0.2) is 54.3 Å². The lowest BCUT2D eigenvalue weighted by Crippen LogP contribution is -2.13. The molecule has 1 N–H and O–H groups in total. The van der Waals surface area contributed by atoms with Crippen LogP contribution in [0.3, 0.4) is 0 Å². The first-order chi connectivity index (χ1) is 12.5. The molecule has 7 heteroatoms. The van der Waals surface area contributed by atoms with Gasteiger partial charge >= 0.3 is 0 Å². The maximum atomic E-state index is 6.01. The second kappa shape index (κ2) is 7.70. The molecular weight excluding hydrogens is 328 g/mol. The van der Waals surface area contributed by atoms with Crippen molar-refractivity contribution in [2.75, 3.05) is 39.2 Å². The van der Waals surface area contributed by atoms with Gasteiger partial charge in [0.2, 0.25) is 0 Å².